The van der Waals surface area contributed by atoms with Crippen LogP contribution in [-0.4, -0.2) is 53.8 Å². The fraction of sp³-hybridized carbons (Fsp3) is 0.571. The molecule has 2 amide bonds. The highest BCUT2D eigenvalue weighted by Gasteiger charge is 2.53. The average Bonchev–Trinajstić information content (AvgIpc) is 3.54. The Morgan fingerprint density at radius 2 is 1.63 bits per heavy atom. The number of amides is 2. The number of carbonyl (C=O) groups is 1. The molecule has 2 aromatic carbocycles. The van der Waals surface area contributed by atoms with Gasteiger partial charge in [0, 0.05) is 23.7 Å². The first kappa shape index (κ1) is 32.6. The molecule has 1 saturated heterocycles. The standard InChI is InChI=1S/C35H45FN4O5S/c1-32(2,36)30-38-29(39-45-30)35-17-14-34(15-18-35,16-19-35)23-40(31(41)37-27-12-20-46(43,44)21-13-27)28-7-5-6-25(22-28)24-8-10-26(11-9-24)33(3,4)42/h5-11,22,27,42H,12-21,23H2,1-4H3,(H,37,41). The van der Waals surface area contributed by atoms with Gasteiger partial charge in [0.25, 0.3) is 5.89 Å². The monoisotopic (exact) mass is 652 g/mol. The Morgan fingerprint density at radius 3 is 2.20 bits per heavy atom. The van der Waals surface area contributed by atoms with E-state index in [1.54, 1.807) is 13.8 Å². The number of hydrogen-bond acceptors (Lipinski definition) is 7. The minimum Gasteiger partial charge on any atom is -0.386 e. The van der Waals surface area contributed by atoms with Crippen LogP contribution in [0.1, 0.15) is 96.3 Å². The molecule has 7 rings (SSSR count). The largest absolute Gasteiger partial charge is 0.386 e. The summed E-state index contributed by atoms with van der Waals surface area (Å²) in [6, 6.07) is 15.3. The smallest absolute Gasteiger partial charge is 0.322 e. The van der Waals surface area contributed by atoms with Crippen molar-refractivity contribution in [3.05, 3.63) is 65.8 Å². The van der Waals surface area contributed by atoms with E-state index in [0.717, 1.165) is 60.9 Å². The van der Waals surface area contributed by atoms with Gasteiger partial charge in [-0.3, -0.25) is 4.90 Å². The van der Waals surface area contributed by atoms with E-state index in [2.05, 4.69) is 15.5 Å². The molecule has 3 aromatic rings. The van der Waals surface area contributed by atoms with Gasteiger partial charge in [-0.1, -0.05) is 41.6 Å². The predicted octanol–water partition coefficient (Wildman–Crippen LogP) is 6.55. The lowest BCUT2D eigenvalue weighted by Crippen LogP contribution is -2.54. The van der Waals surface area contributed by atoms with Crippen molar-refractivity contribution in [1.29, 1.82) is 0 Å². The van der Waals surface area contributed by atoms with Crippen LogP contribution in [0, 0.1) is 5.41 Å². The summed E-state index contributed by atoms with van der Waals surface area (Å²) in [5.74, 6) is 0.758. The Bertz CT molecular complexity index is 1650. The SMILES string of the molecule is CC(C)(O)c1ccc(-c2cccc(N(CC34CCC(c5noc(C(C)(C)F)n5)(CC3)CC4)C(=O)NC3CCS(=O)(=O)CC3)c2)cc1. The molecule has 0 spiro atoms. The molecule has 4 fully saturated rings. The fourth-order valence-corrected chi connectivity index (χ4v) is 8.83. The Hall–Kier alpha value is -3.31. The number of hydrogen-bond donors (Lipinski definition) is 2. The summed E-state index contributed by atoms with van der Waals surface area (Å²) in [6.45, 7) is 6.87. The zero-order valence-electron chi connectivity index (χ0n) is 27.2. The van der Waals surface area contributed by atoms with Crippen molar-refractivity contribution in [2.75, 3.05) is 23.0 Å². The number of nitrogens with one attached hydrogen (secondary N) is 1. The van der Waals surface area contributed by atoms with Crippen LogP contribution in [0.15, 0.2) is 53.1 Å². The lowest BCUT2D eigenvalue weighted by molar-refractivity contribution is 0.0406. The van der Waals surface area contributed by atoms with Crippen LogP contribution in [-0.2, 0) is 26.5 Å². The minimum atomic E-state index is -3.06. The maximum Gasteiger partial charge on any atom is 0.322 e. The Morgan fingerprint density at radius 1 is 1.00 bits per heavy atom. The number of halogens is 1. The maximum absolute atomic E-state index is 14.5. The van der Waals surface area contributed by atoms with E-state index < -0.39 is 21.1 Å². The molecule has 248 valence electrons. The van der Waals surface area contributed by atoms with Gasteiger partial charge < -0.3 is 14.9 Å². The molecule has 2 heterocycles. The zero-order valence-corrected chi connectivity index (χ0v) is 28.0. The van der Waals surface area contributed by atoms with Crippen molar-refractivity contribution < 1.29 is 27.2 Å². The van der Waals surface area contributed by atoms with E-state index in [9.17, 15) is 22.7 Å². The molecular formula is C35H45FN4O5S. The second kappa shape index (κ2) is 11.7. The number of anilines is 1. The van der Waals surface area contributed by atoms with Crippen LogP contribution in [0.2, 0.25) is 0 Å². The van der Waals surface area contributed by atoms with Gasteiger partial charge in [-0.25, -0.2) is 17.6 Å². The highest BCUT2D eigenvalue weighted by Crippen LogP contribution is 2.57. The van der Waals surface area contributed by atoms with Crippen molar-refractivity contribution in [1.82, 2.24) is 15.5 Å². The zero-order chi connectivity index (χ0) is 33.0. The molecule has 0 radical (unpaired) electrons. The van der Waals surface area contributed by atoms with Gasteiger partial charge in [-0.2, -0.15) is 4.98 Å². The quantitative estimate of drug-likeness (QED) is 0.283. The topological polar surface area (TPSA) is 126 Å². The molecule has 9 nitrogen and oxygen atoms in total. The van der Waals surface area contributed by atoms with Crippen molar-refractivity contribution >= 4 is 21.6 Å². The summed E-state index contributed by atoms with van der Waals surface area (Å²) in [6.07, 6.45) is 5.95. The summed E-state index contributed by atoms with van der Waals surface area (Å²) in [5, 5.41) is 17.8. The van der Waals surface area contributed by atoms with Gasteiger partial charge in [0.05, 0.1) is 17.1 Å². The number of nitrogens with zero attached hydrogens (tertiary/aromatic N) is 3. The van der Waals surface area contributed by atoms with Gasteiger partial charge in [0.15, 0.2) is 11.5 Å². The number of sulfone groups is 1. The van der Waals surface area contributed by atoms with Gasteiger partial charge in [-0.15, -0.1) is 0 Å². The number of aliphatic hydroxyl groups is 1. The number of benzene rings is 2. The first-order chi connectivity index (χ1) is 21.6. The summed E-state index contributed by atoms with van der Waals surface area (Å²) in [4.78, 5) is 20.4. The van der Waals surface area contributed by atoms with Crippen LogP contribution >= 0.6 is 0 Å². The highest BCUT2D eigenvalue weighted by atomic mass is 32.2. The number of alkyl halides is 1. The van der Waals surface area contributed by atoms with Crippen molar-refractivity contribution in [2.45, 2.75) is 102 Å². The number of carbonyl (C=O) groups excluding carboxylic acids is 1. The molecule has 3 saturated carbocycles. The lowest BCUT2D eigenvalue weighted by atomic mass is 9.53. The second-order valence-electron chi connectivity index (χ2n) is 14.8. The summed E-state index contributed by atoms with van der Waals surface area (Å²) in [5.41, 5.74) is 0.525. The van der Waals surface area contributed by atoms with Gasteiger partial charge in [0.2, 0.25) is 0 Å². The van der Waals surface area contributed by atoms with E-state index in [0.29, 0.717) is 25.2 Å². The van der Waals surface area contributed by atoms with Crippen LogP contribution in [0.5, 0.6) is 0 Å². The van der Waals surface area contributed by atoms with Crippen molar-refractivity contribution in [3.8, 4) is 11.1 Å². The molecule has 1 aromatic heterocycles. The molecule has 2 N–H and O–H groups in total. The summed E-state index contributed by atoms with van der Waals surface area (Å²) in [7, 11) is -3.06. The van der Waals surface area contributed by atoms with Gasteiger partial charge in [-0.05, 0) is 113 Å². The fourth-order valence-electron chi connectivity index (χ4n) is 7.34. The first-order valence-corrected chi connectivity index (χ1v) is 18.1. The van der Waals surface area contributed by atoms with E-state index in [-0.39, 0.29) is 40.3 Å². The normalized spacial score (nSPS) is 24.9. The molecule has 46 heavy (non-hydrogen) atoms. The summed E-state index contributed by atoms with van der Waals surface area (Å²) < 4.78 is 43.9. The Balaban J connectivity index is 1.25. The van der Waals surface area contributed by atoms with Crippen LogP contribution in [0.4, 0.5) is 14.9 Å². The maximum atomic E-state index is 14.5. The third-order valence-corrected chi connectivity index (χ3v) is 12.2. The molecule has 2 bridgehead atoms. The highest BCUT2D eigenvalue weighted by molar-refractivity contribution is 7.91. The van der Waals surface area contributed by atoms with E-state index >= 15 is 0 Å². The van der Waals surface area contributed by atoms with E-state index in [1.807, 2.05) is 53.4 Å². The summed E-state index contributed by atoms with van der Waals surface area (Å²) >= 11 is 0. The number of urea groups is 1. The number of rotatable bonds is 8. The van der Waals surface area contributed by atoms with Crippen LogP contribution in [0.25, 0.3) is 11.1 Å². The molecular weight excluding hydrogens is 607 g/mol. The Kier molecular flexibility index (Phi) is 8.32. The number of aromatic nitrogens is 2. The van der Waals surface area contributed by atoms with Crippen LogP contribution < -0.4 is 10.2 Å². The second-order valence-corrected chi connectivity index (χ2v) is 17.1. The first-order valence-electron chi connectivity index (χ1n) is 16.3. The third kappa shape index (κ3) is 6.72. The molecule has 1 aliphatic heterocycles. The number of fused-ring (bicyclic) bond motifs is 3. The Labute approximate surface area is 270 Å². The van der Waals surface area contributed by atoms with Crippen molar-refractivity contribution in [3.63, 3.8) is 0 Å². The minimum absolute atomic E-state index is 0.00670. The predicted molar refractivity (Wildman–Crippen MR) is 175 cm³/mol. The third-order valence-electron chi connectivity index (χ3n) is 10.5. The molecule has 11 heteroatoms. The van der Waals surface area contributed by atoms with Crippen molar-refractivity contribution in [2.24, 2.45) is 5.41 Å². The molecule has 3 aliphatic carbocycles. The average molecular weight is 653 g/mol. The van der Waals surface area contributed by atoms with Gasteiger partial charge in [0.1, 0.15) is 9.84 Å². The molecule has 4 aliphatic rings. The molecule has 0 unspecified atom stereocenters. The van der Waals surface area contributed by atoms with Crippen LogP contribution in [0.3, 0.4) is 0 Å². The van der Waals surface area contributed by atoms with Gasteiger partial charge >= 0.3 is 6.03 Å². The molecule has 0 atom stereocenters. The van der Waals surface area contributed by atoms with E-state index in [4.69, 9.17) is 4.52 Å². The lowest BCUT2D eigenvalue weighted by Gasteiger charge is -2.53. The van der Waals surface area contributed by atoms with E-state index in [1.165, 1.54) is 13.8 Å².